The molecule has 1 fully saturated rings. The Morgan fingerprint density at radius 2 is 2.06 bits per heavy atom. The van der Waals surface area contributed by atoms with Crippen LogP contribution in [0.25, 0.3) is 0 Å². The van der Waals surface area contributed by atoms with Gasteiger partial charge in [0.1, 0.15) is 0 Å². The fraction of sp³-hybridized carbons (Fsp3) is 0.667. The molecule has 0 aromatic carbocycles. The van der Waals surface area contributed by atoms with E-state index in [1.807, 2.05) is 12.4 Å². The van der Waals surface area contributed by atoms with Crippen molar-refractivity contribution >= 4 is 11.8 Å². The number of thioether (sulfide) groups is 1. The third-order valence-electron chi connectivity index (χ3n) is 3.56. The highest BCUT2D eigenvalue weighted by atomic mass is 32.2. The summed E-state index contributed by atoms with van der Waals surface area (Å²) in [6.07, 6.45) is 10.6. The predicted octanol–water partition coefficient (Wildman–Crippen LogP) is 3.28. The lowest BCUT2D eigenvalue weighted by molar-refractivity contribution is 0.571. The van der Waals surface area contributed by atoms with Crippen molar-refractivity contribution in [2.45, 2.75) is 50.3 Å². The molecular weight excluding hydrogens is 240 g/mol. The molecule has 0 saturated heterocycles. The van der Waals surface area contributed by atoms with Crippen LogP contribution in [0.15, 0.2) is 24.5 Å². The lowest BCUT2D eigenvalue weighted by Crippen LogP contribution is -2.33. The Hall–Kier alpha value is -0.540. The minimum absolute atomic E-state index is 0.600. The lowest BCUT2D eigenvalue weighted by Gasteiger charge is -2.19. The average Bonchev–Trinajstić information content (AvgIpc) is 2.91. The van der Waals surface area contributed by atoms with Crippen LogP contribution in [0.3, 0.4) is 0 Å². The van der Waals surface area contributed by atoms with E-state index in [1.165, 1.54) is 37.0 Å². The molecule has 0 amide bonds. The first-order chi connectivity index (χ1) is 8.88. The Morgan fingerprint density at radius 1 is 1.33 bits per heavy atom. The molecule has 0 spiro atoms. The molecule has 1 heterocycles. The first-order valence-corrected chi connectivity index (χ1v) is 8.17. The molecule has 0 bridgehead atoms. The van der Waals surface area contributed by atoms with Crippen LogP contribution in [0, 0.1) is 0 Å². The van der Waals surface area contributed by atoms with Gasteiger partial charge in [0.05, 0.1) is 0 Å². The summed E-state index contributed by atoms with van der Waals surface area (Å²) < 4.78 is 0. The molecule has 0 radical (unpaired) electrons. The number of nitrogens with zero attached hydrogens (tertiary/aromatic N) is 1. The van der Waals surface area contributed by atoms with Crippen molar-refractivity contribution < 1.29 is 0 Å². The number of hydrogen-bond donors (Lipinski definition) is 1. The topological polar surface area (TPSA) is 24.9 Å². The molecule has 2 nitrogen and oxygen atoms in total. The summed E-state index contributed by atoms with van der Waals surface area (Å²) in [6, 6.07) is 4.86. The second-order valence-electron chi connectivity index (χ2n) is 5.05. The van der Waals surface area contributed by atoms with Gasteiger partial charge in [0.2, 0.25) is 0 Å². The molecule has 18 heavy (non-hydrogen) atoms. The van der Waals surface area contributed by atoms with Gasteiger partial charge < -0.3 is 5.32 Å². The van der Waals surface area contributed by atoms with Crippen molar-refractivity contribution in [1.82, 2.24) is 10.3 Å². The molecule has 1 aliphatic carbocycles. The Kier molecular flexibility index (Phi) is 6.01. The SMILES string of the molecule is CCNC(CSC1CCCC1)Cc1ccncc1. The molecule has 1 unspecified atom stereocenters. The van der Waals surface area contributed by atoms with Gasteiger partial charge in [-0.05, 0) is 43.5 Å². The molecule has 1 atom stereocenters. The maximum Gasteiger partial charge on any atom is 0.0270 e. The fourth-order valence-corrected chi connectivity index (χ4v) is 4.00. The molecule has 3 heteroatoms. The largest absolute Gasteiger partial charge is 0.313 e. The van der Waals surface area contributed by atoms with Gasteiger partial charge >= 0.3 is 0 Å². The summed E-state index contributed by atoms with van der Waals surface area (Å²) in [5, 5.41) is 4.53. The Labute approximate surface area is 115 Å². The van der Waals surface area contributed by atoms with Crippen LogP contribution in [0.5, 0.6) is 0 Å². The highest BCUT2D eigenvalue weighted by Crippen LogP contribution is 2.29. The lowest BCUT2D eigenvalue weighted by atomic mass is 10.1. The smallest absolute Gasteiger partial charge is 0.0270 e. The maximum absolute atomic E-state index is 4.08. The molecule has 2 rings (SSSR count). The molecule has 1 saturated carbocycles. The van der Waals surface area contributed by atoms with E-state index in [2.05, 4.69) is 41.1 Å². The quantitative estimate of drug-likeness (QED) is 0.818. The summed E-state index contributed by atoms with van der Waals surface area (Å²) >= 11 is 2.17. The second-order valence-corrected chi connectivity index (χ2v) is 6.39. The highest BCUT2D eigenvalue weighted by Gasteiger charge is 2.17. The van der Waals surface area contributed by atoms with Gasteiger partial charge in [-0.25, -0.2) is 0 Å². The van der Waals surface area contributed by atoms with Crippen LogP contribution in [0.4, 0.5) is 0 Å². The molecule has 1 N–H and O–H groups in total. The zero-order chi connectivity index (χ0) is 12.6. The first kappa shape index (κ1) is 13.9. The molecule has 1 aliphatic rings. The maximum atomic E-state index is 4.08. The molecule has 0 aliphatic heterocycles. The Bertz CT molecular complexity index is 323. The van der Waals surface area contributed by atoms with E-state index >= 15 is 0 Å². The van der Waals surface area contributed by atoms with Gasteiger partial charge in [0.15, 0.2) is 0 Å². The van der Waals surface area contributed by atoms with Crippen LogP contribution in [-0.2, 0) is 6.42 Å². The number of nitrogens with one attached hydrogen (secondary N) is 1. The van der Waals surface area contributed by atoms with Crippen LogP contribution in [0.2, 0.25) is 0 Å². The van der Waals surface area contributed by atoms with E-state index in [-0.39, 0.29) is 0 Å². The van der Waals surface area contributed by atoms with Gasteiger partial charge in [-0.15, -0.1) is 0 Å². The van der Waals surface area contributed by atoms with Gasteiger partial charge in [-0.2, -0.15) is 11.8 Å². The summed E-state index contributed by atoms with van der Waals surface area (Å²) in [6.45, 7) is 3.25. The minimum atomic E-state index is 0.600. The monoisotopic (exact) mass is 264 g/mol. The van der Waals surface area contributed by atoms with Gasteiger partial charge in [-0.1, -0.05) is 19.8 Å². The van der Waals surface area contributed by atoms with Crippen molar-refractivity contribution in [1.29, 1.82) is 0 Å². The summed E-state index contributed by atoms with van der Waals surface area (Å²) in [5.41, 5.74) is 1.39. The number of hydrogen-bond acceptors (Lipinski definition) is 3. The van der Waals surface area contributed by atoms with Gasteiger partial charge in [-0.3, -0.25) is 4.98 Å². The van der Waals surface area contributed by atoms with Crippen LogP contribution in [0.1, 0.15) is 38.2 Å². The normalized spacial score (nSPS) is 18.1. The first-order valence-electron chi connectivity index (χ1n) is 7.12. The average molecular weight is 264 g/mol. The molecular formula is C15H24N2S. The van der Waals surface area contributed by atoms with Crippen molar-refractivity contribution in [2.24, 2.45) is 0 Å². The van der Waals surface area contributed by atoms with E-state index in [4.69, 9.17) is 0 Å². The van der Waals surface area contributed by atoms with Crippen LogP contribution < -0.4 is 5.32 Å². The van der Waals surface area contributed by atoms with Crippen molar-refractivity contribution in [3.63, 3.8) is 0 Å². The van der Waals surface area contributed by atoms with Crippen molar-refractivity contribution in [3.8, 4) is 0 Å². The van der Waals surface area contributed by atoms with Crippen LogP contribution in [-0.4, -0.2) is 28.6 Å². The van der Waals surface area contributed by atoms with Crippen molar-refractivity contribution in [3.05, 3.63) is 30.1 Å². The van der Waals surface area contributed by atoms with Crippen LogP contribution >= 0.6 is 11.8 Å². The van der Waals surface area contributed by atoms with E-state index in [1.54, 1.807) is 0 Å². The van der Waals surface area contributed by atoms with Gasteiger partial charge in [0, 0.05) is 29.4 Å². The molecule has 1 aromatic rings. The Morgan fingerprint density at radius 3 is 2.72 bits per heavy atom. The molecule has 100 valence electrons. The zero-order valence-electron chi connectivity index (χ0n) is 11.3. The standard InChI is InChI=1S/C15H24N2S/c1-2-17-14(11-13-7-9-16-10-8-13)12-18-15-5-3-4-6-15/h7-10,14-15,17H,2-6,11-12H2,1H3. The van der Waals surface area contributed by atoms with E-state index in [0.717, 1.165) is 18.2 Å². The number of rotatable bonds is 7. The number of aromatic nitrogens is 1. The zero-order valence-corrected chi connectivity index (χ0v) is 12.1. The Balaban J connectivity index is 1.79. The summed E-state index contributed by atoms with van der Waals surface area (Å²) in [4.78, 5) is 4.08. The predicted molar refractivity (Wildman–Crippen MR) is 80.1 cm³/mol. The second kappa shape index (κ2) is 7.80. The summed E-state index contributed by atoms with van der Waals surface area (Å²) in [5.74, 6) is 1.24. The molecule has 1 aromatic heterocycles. The third kappa shape index (κ3) is 4.62. The minimum Gasteiger partial charge on any atom is -0.313 e. The summed E-state index contributed by atoms with van der Waals surface area (Å²) in [7, 11) is 0. The van der Waals surface area contributed by atoms with E-state index in [9.17, 15) is 0 Å². The van der Waals surface area contributed by atoms with Crippen molar-refractivity contribution in [2.75, 3.05) is 12.3 Å². The number of likely N-dealkylation sites (N-methyl/N-ethyl adjacent to an activating group) is 1. The highest BCUT2D eigenvalue weighted by molar-refractivity contribution is 7.99. The van der Waals surface area contributed by atoms with Gasteiger partial charge in [0.25, 0.3) is 0 Å². The van der Waals surface area contributed by atoms with E-state index < -0.39 is 0 Å². The fourth-order valence-electron chi connectivity index (χ4n) is 2.59. The van der Waals surface area contributed by atoms with E-state index in [0.29, 0.717) is 6.04 Å². The number of pyridine rings is 1. The third-order valence-corrected chi connectivity index (χ3v) is 5.10.